The highest BCUT2D eigenvalue weighted by molar-refractivity contribution is 7.90. The fraction of sp³-hybridized carbons (Fsp3) is 0.450. The molecular formula is C20H27N3O6S2. The largest absolute Gasteiger partial charge is 0.494 e. The molecule has 0 radical (unpaired) electrons. The number of ether oxygens (including phenoxy) is 2. The maximum Gasteiger partial charge on any atom is 0.244 e. The van der Waals surface area contributed by atoms with E-state index in [1.54, 1.807) is 24.3 Å². The highest BCUT2D eigenvalue weighted by Crippen LogP contribution is 2.19. The van der Waals surface area contributed by atoms with Crippen molar-refractivity contribution >= 4 is 25.7 Å². The van der Waals surface area contributed by atoms with Crippen molar-refractivity contribution in [2.24, 2.45) is 0 Å². The van der Waals surface area contributed by atoms with Crippen molar-refractivity contribution in [3.63, 3.8) is 0 Å². The van der Waals surface area contributed by atoms with Crippen molar-refractivity contribution in [1.29, 1.82) is 0 Å². The second-order valence-electron chi connectivity index (χ2n) is 7.24. The molecule has 1 aromatic heterocycles. The van der Waals surface area contributed by atoms with Crippen LogP contribution < -0.4 is 9.64 Å². The Hall–Kier alpha value is -2.21. The van der Waals surface area contributed by atoms with E-state index in [-0.39, 0.29) is 9.79 Å². The minimum atomic E-state index is -3.55. The van der Waals surface area contributed by atoms with Crippen LogP contribution >= 0.6 is 0 Å². The summed E-state index contributed by atoms with van der Waals surface area (Å²) in [6.45, 7) is 2.60. The second kappa shape index (κ2) is 9.94. The molecule has 1 aliphatic heterocycles. The number of pyridine rings is 1. The molecule has 1 fully saturated rings. The van der Waals surface area contributed by atoms with Crippen LogP contribution in [0.4, 0.5) is 5.82 Å². The highest BCUT2D eigenvalue weighted by Gasteiger charge is 2.26. The Kier molecular flexibility index (Phi) is 7.52. The molecule has 1 saturated heterocycles. The molecule has 0 amide bonds. The zero-order valence-electron chi connectivity index (χ0n) is 17.6. The standard InChI is InChI=1S/C20H27N3O6S2/c1-22(10-3-13-29-17-4-6-18(7-5-17)30(2,24)25)20-9-8-19(16-21-20)31(26,27)23-11-14-28-15-12-23/h4-9,16H,3,10-15H2,1-2H3. The molecule has 0 spiro atoms. The molecule has 0 bridgehead atoms. The van der Waals surface area contributed by atoms with Crippen molar-refractivity contribution in [2.75, 3.05) is 57.7 Å². The third-order valence-electron chi connectivity index (χ3n) is 4.88. The number of nitrogens with zero attached hydrogens (tertiary/aromatic N) is 3. The Bertz CT molecular complexity index is 1060. The van der Waals surface area contributed by atoms with Gasteiger partial charge in [0.05, 0.1) is 24.7 Å². The summed E-state index contributed by atoms with van der Waals surface area (Å²) in [5.74, 6) is 1.27. The number of hydrogen-bond donors (Lipinski definition) is 0. The van der Waals surface area contributed by atoms with Gasteiger partial charge < -0.3 is 14.4 Å². The summed E-state index contributed by atoms with van der Waals surface area (Å²) in [5, 5.41) is 0. The van der Waals surface area contributed by atoms with E-state index in [4.69, 9.17) is 9.47 Å². The van der Waals surface area contributed by atoms with Crippen LogP contribution in [0.5, 0.6) is 5.75 Å². The smallest absolute Gasteiger partial charge is 0.244 e. The topological polar surface area (TPSA) is 106 Å². The van der Waals surface area contributed by atoms with Gasteiger partial charge in [0.2, 0.25) is 10.0 Å². The summed E-state index contributed by atoms with van der Waals surface area (Å²) in [7, 11) is -4.90. The van der Waals surface area contributed by atoms with E-state index in [1.807, 2.05) is 11.9 Å². The molecule has 2 aromatic rings. The van der Waals surface area contributed by atoms with Gasteiger partial charge in [0.15, 0.2) is 9.84 Å². The summed E-state index contributed by atoms with van der Waals surface area (Å²) in [6, 6.07) is 9.58. The third kappa shape index (κ3) is 6.16. The minimum absolute atomic E-state index is 0.174. The van der Waals surface area contributed by atoms with Crippen LogP contribution in [0.25, 0.3) is 0 Å². The average molecular weight is 470 g/mol. The number of anilines is 1. The fourth-order valence-electron chi connectivity index (χ4n) is 3.08. The van der Waals surface area contributed by atoms with Crippen molar-refractivity contribution in [2.45, 2.75) is 16.2 Å². The Morgan fingerprint density at radius 3 is 2.26 bits per heavy atom. The van der Waals surface area contributed by atoms with Gasteiger partial charge in [-0.05, 0) is 42.8 Å². The second-order valence-corrected chi connectivity index (χ2v) is 11.2. The summed E-state index contributed by atoms with van der Waals surface area (Å²) in [4.78, 5) is 6.65. The van der Waals surface area contributed by atoms with E-state index in [0.717, 1.165) is 6.26 Å². The van der Waals surface area contributed by atoms with E-state index < -0.39 is 19.9 Å². The van der Waals surface area contributed by atoms with Gasteiger partial charge >= 0.3 is 0 Å². The Morgan fingerprint density at radius 1 is 1.03 bits per heavy atom. The molecule has 1 aromatic carbocycles. The summed E-state index contributed by atoms with van der Waals surface area (Å²) in [5.41, 5.74) is 0. The summed E-state index contributed by atoms with van der Waals surface area (Å²) in [6.07, 6.45) is 3.26. The number of sulfonamides is 1. The normalized spacial score (nSPS) is 15.5. The maximum absolute atomic E-state index is 12.7. The number of hydrogen-bond acceptors (Lipinski definition) is 8. The van der Waals surface area contributed by atoms with E-state index >= 15 is 0 Å². The molecule has 170 valence electrons. The van der Waals surface area contributed by atoms with Crippen LogP contribution in [0.1, 0.15) is 6.42 Å². The van der Waals surface area contributed by atoms with Gasteiger partial charge in [-0.3, -0.25) is 0 Å². The molecule has 0 atom stereocenters. The molecule has 1 aliphatic rings. The van der Waals surface area contributed by atoms with Crippen LogP contribution in [0.2, 0.25) is 0 Å². The van der Waals surface area contributed by atoms with Crippen molar-refractivity contribution in [1.82, 2.24) is 9.29 Å². The number of rotatable bonds is 9. The molecular weight excluding hydrogens is 442 g/mol. The molecule has 31 heavy (non-hydrogen) atoms. The number of aromatic nitrogens is 1. The zero-order chi connectivity index (χ0) is 22.5. The quantitative estimate of drug-likeness (QED) is 0.508. The van der Waals surface area contributed by atoms with Gasteiger partial charge in [-0.25, -0.2) is 21.8 Å². The highest BCUT2D eigenvalue weighted by atomic mass is 32.2. The first-order valence-electron chi connectivity index (χ1n) is 9.86. The van der Waals surface area contributed by atoms with Gasteiger partial charge in [0, 0.05) is 39.1 Å². The first kappa shape index (κ1) is 23.5. The SMILES string of the molecule is CN(CCCOc1ccc(S(C)(=O)=O)cc1)c1ccc(S(=O)(=O)N2CCOCC2)cn1. The van der Waals surface area contributed by atoms with Crippen molar-refractivity contribution in [3.8, 4) is 5.75 Å². The van der Waals surface area contributed by atoms with E-state index in [2.05, 4.69) is 4.98 Å². The maximum atomic E-state index is 12.7. The molecule has 0 N–H and O–H groups in total. The first-order valence-corrected chi connectivity index (χ1v) is 13.2. The molecule has 0 aliphatic carbocycles. The monoisotopic (exact) mass is 469 g/mol. The van der Waals surface area contributed by atoms with E-state index in [0.29, 0.717) is 57.4 Å². The first-order chi connectivity index (χ1) is 14.7. The van der Waals surface area contributed by atoms with Gasteiger partial charge in [-0.15, -0.1) is 0 Å². The average Bonchev–Trinajstić information content (AvgIpc) is 2.77. The lowest BCUT2D eigenvalue weighted by Crippen LogP contribution is -2.40. The third-order valence-corrected chi connectivity index (χ3v) is 7.89. The van der Waals surface area contributed by atoms with Gasteiger partial charge in [-0.2, -0.15) is 4.31 Å². The fourth-order valence-corrected chi connectivity index (χ4v) is 5.06. The lowest BCUT2D eigenvalue weighted by molar-refractivity contribution is 0.0730. The van der Waals surface area contributed by atoms with Crippen LogP contribution in [0, 0.1) is 0 Å². The number of benzene rings is 1. The minimum Gasteiger partial charge on any atom is -0.494 e. The molecule has 3 rings (SSSR count). The summed E-state index contributed by atoms with van der Waals surface area (Å²) >= 11 is 0. The Balaban J connectivity index is 1.49. The van der Waals surface area contributed by atoms with Crippen molar-refractivity contribution < 1.29 is 26.3 Å². The van der Waals surface area contributed by atoms with E-state index in [1.165, 1.54) is 22.6 Å². The lowest BCUT2D eigenvalue weighted by Gasteiger charge is -2.26. The zero-order valence-corrected chi connectivity index (χ0v) is 19.2. The van der Waals surface area contributed by atoms with Crippen molar-refractivity contribution in [3.05, 3.63) is 42.6 Å². The van der Waals surface area contributed by atoms with Gasteiger partial charge in [-0.1, -0.05) is 0 Å². The molecule has 2 heterocycles. The predicted octanol–water partition coefficient (Wildman–Crippen LogP) is 1.41. The molecule has 0 unspecified atom stereocenters. The van der Waals surface area contributed by atoms with Crippen LogP contribution in [-0.2, 0) is 24.6 Å². The van der Waals surface area contributed by atoms with Crippen LogP contribution in [-0.4, -0.2) is 78.9 Å². The predicted molar refractivity (Wildman–Crippen MR) is 117 cm³/mol. The number of sulfone groups is 1. The molecule has 11 heteroatoms. The Labute approximate surface area is 183 Å². The number of morpholine rings is 1. The summed E-state index contributed by atoms with van der Waals surface area (Å²) < 4.78 is 60.5. The van der Waals surface area contributed by atoms with Crippen LogP contribution in [0.3, 0.4) is 0 Å². The molecule has 9 nitrogen and oxygen atoms in total. The lowest BCUT2D eigenvalue weighted by atomic mass is 10.3. The Morgan fingerprint density at radius 2 is 1.68 bits per heavy atom. The molecule has 0 saturated carbocycles. The van der Waals surface area contributed by atoms with E-state index in [9.17, 15) is 16.8 Å². The van der Waals surface area contributed by atoms with Crippen LogP contribution in [0.15, 0.2) is 52.4 Å². The van der Waals surface area contributed by atoms with Gasteiger partial charge in [0.25, 0.3) is 0 Å². The van der Waals surface area contributed by atoms with Gasteiger partial charge in [0.1, 0.15) is 16.5 Å².